The van der Waals surface area contributed by atoms with Crippen molar-refractivity contribution in [1.82, 2.24) is 10.2 Å². The molecule has 2 nitrogen and oxygen atoms in total. The number of nitrogens with zero attached hydrogens (tertiary/aromatic N) is 1. The van der Waals surface area contributed by atoms with E-state index < -0.39 is 0 Å². The van der Waals surface area contributed by atoms with Crippen LogP contribution < -0.4 is 5.32 Å². The third-order valence-electron chi connectivity index (χ3n) is 4.99. The second-order valence-corrected chi connectivity index (χ2v) is 6.60. The highest BCUT2D eigenvalue weighted by molar-refractivity contribution is 4.89. The van der Waals surface area contributed by atoms with Crippen LogP contribution in [-0.4, -0.2) is 36.1 Å². The summed E-state index contributed by atoms with van der Waals surface area (Å²) in [4.78, 5) is 2.76. The Hall–Kier alpha value is -0.0800. The van der Waals surface area contributed by atoms with Crippen LogP contribution in [0.4, 0.5) is 0 Å². The predicted octanol–water partition coefficient (Wildman–Crippen LogP) is 3.03. The maximum absolute atomic E-state index is 3.69. The highest BCUT2D eigenvalue weighted by Gasteiger charge is 2.34. The predicted molar refractivity (Wildman–Crippen MR) is 74.3 cm³/mol. The van der Waals surface area contributed by atoms with E-state index in [1.54, 1.807) is 0 Å². The van der Waals surface area contributed by atoms with Crippen molar-refractivity contribution in [3.63, 3.8) is 0 Å². The average molecular weight is 238 g/mol. The van der Waals surface area contributed by atoms with Crippen molar-refractivity contribution in [3.05, 3.63) is 0 Å². The van der Waals surface area contributed by atoms with Gasteiger partial charge in [-0.3, -0.25) is 4.90 Å². The number of piperidine rings is 1. The Morgan fingerprint density at radius 1 is 1.18 bits per heavy atom. The molecule has 1 N–H and O–H groups in total. The fraction of sp³-hybridized carbons (Fsp3) is 1.00. The van der Waals surface area contributed by atoms with E-state index in [-0.39, 0.29) is 0 Å². The molecule has 2 rings (SSSR count). The van der Waals surface area contributed by atoms with Crippen molar-refractivity contribution in [1.29, 1.82) is 0 Å². The van der Waals surface area contributed by atoms with E-state index in [0.717, 1.165) is 18.5 Å². The van der Waals surface area contributed by atoms with Crippen LogP contribution in [0.2, 0.25) is 0 Å². The van der Waals surface area contributed by atoms with Crippen molar-refractivity contribution in [2.75, 3.05) is 19.6 Å². The molecule has 1 saturated heterocycles. The van der Waals surface area contributed by atoms with Crippen LogP contribution in [0.1, 0.15) is 59.3 Å². The summed E-state index contributed by atoms with van der Waals surface area (Å²) >= 11 is 0. The molecule has 17 heavy (non-hydrogen) atoms. The quantitative estimate of drug-likeness (QED) is 0.792. The van der Waals surface area contributed by atoms with Crippen LogP contribution >= 0.6 is 0 Å². The van der Waals surface area contributed by atoms with E-state index in [0.29, 0.717) is 5.54 Å². The topological polar surface area (TPSA) is 15.3 Å². The summed E-state index contributed by atoms with van der Waals surface area (Å²) < 4.78 is 0. The third kappa shape index (κ3) is 3.45. The van der Waals surface area contributed by atoms with Gasteiger partial charge in [0.05, 0.1) is 0 Å². The standard InChI is InChI=1S/C15H30N2/c1-4-15(2,3)16-10-12-17-11-6-8-13-7-5-9-14(13)17/h13-14,16H,4-12H2,1-3H3. The van der Waals surface area contributed by atoms with E-state index >= 15 is 0 Å². The van der Waals surface area contributed by atoms with Gasteiger partial charge in [0, 0.05) is 24.7 Å². The Labute approximate surface area is 107 Å². The zero-order valence-corrected chi connectivity index (χ0v) is 12.0. The molecule has 2 atom stereocenters. The lowest BCUT2D eigenvalue weighted by molar-refractivity contribution is 0.111. The highest BCUT2D eigenvalue weighted by atomic mass is 15.2. The van der Waals surface area contributed by atoms with Gasteiger partial charge in [-0.1, -0.05) is 13.3 Å². The van der Waals surface area contributed by atoms with Crippen LogP contribution in [0.25, 0.3) is 0 Å². The summed E-state index contributed by atoms with van der Waals surface area (Å²) in [5, 5.41) is 3.69. The lowest BCUT2D eigenvalue weighted by Gasteiger charge is -2.38. The smallest absolute Gasteiger partial charge is 0.0124 e. The zero-order valence-electron chi connectivity index (χ0n) is 12.0. The van der Waals surface area contributed by atoms with Crippen LogP contribution in [0.15, 0.2) is 0 Å². The molecular formula is C15H30N2. The normalized spacial score (nSPS) is 30.5. The highest BCUT2D eigenvalue weighted by Crippen LogP contribution is 2.36. The molecule has 2 heteroatoms. The van der Waals surface area contributed by atoms with Crippen molar-refractivity contribution >= 4 is 0 Å². The number of likely N-dealkylation sites (tertiary alicyclic amines) is 1. The SMILES string of the molecule is CCC(C)(C)NCCN1CCCC2CCCC21. The molecule has 0 spiro atoms. The van der Waals surface area contributed by atoms with Crippen LogP contribution in [0, 0.1) is 5.92 Å². The third-order valence-corrected chi connectivity index (χ3v) is 4.99. The average Bonchev–Trinajstić information content (AvgIpc) is 2.78. The van der Waals surface area contributed by atoms with E-state index in [2.05, 4.69) is 31.0 Å². The number of hydrogen-bond donors (Lipinski definition) is 1. The van der Waals surface area contributed by atoms with E-state index in [9.17, 15) is 0 Å². The summed E-state index contributed by atoms with van der Waals surface area (Å²) in [5.74, 6) is 1.03. The molecule has 1 heterocycles. The Balaban J connectivity index is 1.75. The largest absolute Gasteiger partial charge is 0.311 e. The van der Waals surface area contributed by atoms with E-state index in [4.69, 9.17) is 0 Å². The first kappa shape index (κ1) is 13.4. The van der Waals surface area contributed by atoms with Gasteiger partial charge in [0.25, 0.3) is 0 Å². The Bertz CT molecular complexity index is 237. The molecule has 1 aliphatic carbocycles. The van der Waals surface area contributed by atoms with Gasteiger partial charge in [-0.2, -0.15) is 0 Å². The minimum Gasteiger partial charge on any atom is -0.311 e. The molecule has 0 bridgehead atoms. The van der Waals surface area contributed by atoms with E-state index in [1.165, 1.54) is 51.6 Å². The molecule has 1 aliphatic heterocycles. The maximum atomic E-state index is 3.69. The van der Waals surface area contributed by atoms with Crippen LogP contribution in [-0.2, 0) is 0 Å². The minimum atomic E-state index is 0.310. The van der Waals surface area contributed by atoms with Crippen molar-refractivity contribution in [2.45, 2.75) is 70.9 Å². The number of rotatable bonds is 5. The Morgan fingerprint density at radius 2 is 1.94 bits per heavy atom. The van der Waals surface area contributed by atoms with Gasteiger partial charge in [-0.25, -0.2) is 0 Å². The molecule has 2 aliphatic rings. The first-order valence-corrected chi connectivity index (χ1v) is 7.61. The van der Waals surface area contributed by atoms with Gasteiger partial charge < -0.3 is 5.32 Å². The Kier molecular flexibility index (Phi) is 4.48. The van der Waals surface area contributed by atoms with Gasteiger partial charge in [0.2, 0.25) is 0 Å². The van der Waals surface area contributed by atoms with Crippen LogP contribution in [0.5, 0.6) is 0 Å². The fourth-order valence-corrected chi connectivity index (χ4v) is 3.50. The summed E-state index contributed by atoms with van der Waals surface area (Å²) in [6.07, 6.45) is 8.56. The van der Waals surface area contributed by atoms with Crippen molar-refractivity contribution < 1.29 is 0 Å². The molecule has 0 aromatic heterocycles. The molecule has 2 fully saturated rings. The first-order chi connectivity index (χ1) is 8.12. The van der Waals surface area contributed by atoms with Gasteiger partial charge in [-0.15, -0.1) is 0 Å². The first-order valence-electron chi connectivity index (χ1n) is 7.61. The minimum absolute atomic E-state index is 0.310. The summed E-state index contributed by atoms with van der Waals surface area (Å²) in [6, 6.07) is 0.926. The van der Waals surface area contributed by atoms with Crippen molar-refractivity contribution in [3.8, 4) is 0 Å². The lowest BCUT2D eigenvalue weighted by atomic mass is 9.92. The second kappa shape index (κ2) is 5.71. The molecule has 0 amide bonds. The fourth-order valence-electron chi connectivity index (χ4n) is 3.50. The summed E-state index contributed by atoms with van der Waals surface area (Å²) in [7, 11) is 0. The van der Waals surface area contributed by atoms with E-state index in [1.807, 2.05) is 0 Å². The summed E-state index contributed by atoms with van der Waals surface area (Å²) in [5.41, 5.74) is 0.310. The second-order valence-electron chi connectivity index (χ2n) is 6.60. The molecular weight excluding hydrogens is 208 g/mol. The molecule has 0 aromatic rings. The van der Waals surface area contributed by atoms with Gasteiger partial charge in [0.15, 0.2) is 0 Å². The molecule has 0 aromatic carbocycles. The molecule has 2 unspecified atom stereocenters. The van der Waals surface area contributed by atoms with Gasteiger partial charge >= 0.3 is 0 Å². The zero-order chi connectivity index (χ0) is 12.3. The summed E-state index contributed by atoms with van der Waals surface area (Å²) in [6.45, 7) is 10.6. The molecule has 0 radical (unpaired) electrons. The number of hydrogen-bond acceptors (Lipinski definition) is 2. The molecule has 1 saturated carbocycles. The lowest BCUT2D eigenvalue weighted by Crippen LogP contribution is -2.48. The number of fused-ring (bicyclic) bond motifs is 1. The van der Waals surface area contributed by atoms with Crippen molar-refractivity contribution in [2.24, 2.45) is 5.92 Å². The number of nitrogens with one attached hydrogen (secondary N) is 1. The van der Waals surface area contributed by atoms with Gasteiger partial charge in [0.1, 0.15) is 0 Å². The van der Waals surface area contributed by atoms with Crippen LogP contribution in [0.3, 0.4) is 0 Å². The molecule has 100 valence electrons. The maximum Gasteiger partial charge on any atom is 0.0124 e. The monoisotopic (exact) mass is 238 g/mol. The Morgan fingerprint density at radius 3 is 2.71 bits per heavy atom. The van der Waals surface area contributed by atoms with Gasteiger partial charge in [-0.05, 0) is 58.4 Å².